The van der Waals surface area contributed by atoms with Crippen molar-refractivity contribution >= 4 is 11.5 Å². The summed E-state index contributed by atoms with van der Waals surface area (Å²) in [7, 11) is 0. The lowest BCUT2D eigenvalue weighted by Gasteiger charge is -2.15. The molecule has 0 saturated carbocycles. The van der Waals surface area contributed by atoms with E-state index in [1.54, 1.807) is 6.20 Å². The zero-order valence-electron chi connectivity index (χ0n) is 14.9. The molecule has 0 spiro atoms. The number of carbonyl (C=O) groups is 1. The summed E-state index contributed by atoms with van der Waals surface area (Å²) in [5, 5.41) is 3.20. The van der Waals surface area contributed by atoms with Crippen molar-refractivity contribution in [2.24, 2.45) is 5.92 Å². The average molecular weight is 326 g/mol. The molecular weight excluding hydrogens is 300 g/mol. The number of ketones is 1. The van der Waals surface area contributed by atoms with E-state index in [4.69, 9.17) is 0 Å². The highest BCUT2D eigenvalue weighted by Crippen LogP contribution is 2.13. The molecule has 128 valence electrons. The van der Waals surface area contributed by atoms with Gasteiger partial charge in [-0.25, -0.2) is 0 Å². The zero-order valence-corrected chi connectivity index (χ0v) is 14.9. The molecule has 2 rings (SSSR count). The Hall–Kier alpha value is -2.36. The van der Waals surface area contributed by atoms with Gasteiger partial charge in [-0.2, -0.15) is 0 Å². The van der Waals surface area contributed by atoms with Crippen molar-refractivity contribution in [3.63, 3.8) is 0 Å². The van der Waals surface area contributed by atoms with Crippen LogP contribution in [-0.4, -0.2) is 16.4 Å². The summed E-state index contributed by atoms with van der Waals surface area (Å²) in [6.45, 7) is 7.81. The predicted molar refractivity (Wildman–Crippen MR) is 98.6 cm³/mol. The maximum absolute atomic E-state index is 12.6. The fourth-order valence-corrected chi connectivity index (χ4v) is 2.51. The minimum Gasteiger partial charge on any atom is -0.378 e. The van der Waals surface area contributed by atoms with E-state index in [2.05, 4.69) is 17.4 Å². The van der Waals surface area contributed by atoms with Gasteiger partial charge in [0.15, 0.2) is 5.78 Å². The summed E-state index contributed by atoms with van der Waals surface area (Å²) in [6, 6.07) is 12.2. The summed E-state index contributed by atoms with van der Waals surface area (Å²) < 4.78 is 1.53. The molecule has 0 saturated heterocycles. The van der Waals surface area contributed by atoms with E-state index in [1.807, 2.05) is 52.0 Å². The molecule has 0 aliphatic rings. The molecule has 0 fully saturated rings. The maximum Gasteiger partial charge on any atom is 0.274 e. The number of Topliss-reactive ketones (excluding diaryl/α,β-unsaturated/α-hetero) is 1. The molecule has 0 aliphatic carbocycles. The number of anilines is 1. The van der Waals surface area contributed by atoms with Gasteiger partial charge in [0.05, 0.1) is 6.54 Å². The molecule has 0 radical (unpaired) electrons. The van der Waals surface area contributed by atoms with Crippen LogP contribution < -0.4 is 10.9 Å². The number of pyridine rings is 1. The van der Waals surface area contributed by atoms with Gasteiger partial charge in [0.1, 0.15) is 5.69 Å². The van der Waals surface area contributed by atoms with E-state index in [9.17, 15) is 9.59 Å². The fraction of sp³-hybridized carbons (Fsp3) is 0.400. The molecule has 4 heteroatoms. The Labute approximate surface area is 143 Å². The third-order valence-corrected chi connectivity index (χ3v) is 3.81. The van der Waals surface area contributed by atoms with Gasteiger partial charge in [-0.1, -0.05) is 44.2 Å². The van der Waals surface area contributed by atoms with Crippen LogP contribution in [-0.2, 0) is 17.8 Å². The summed E-state index contributed by atoms with van der Waals surface area (Å²) in [6.07, 6.45) is 2.53. The Balaban J connectivity index is 2.39. The number of nitrogens with zero attached hydrogens (tertiary/aromatic N) is 1. The van der Waals surface area contributed by atoms with Crippen LogP contribution in [0.4, 0.5) is 5.69 Å². The number of benzene rings is 1. The lowest BCUT2D eigenvalue weighted by Crippen LogP contribution is -2.29. The zero-order chi connectivity index (χ0) is 17.7. The Kier molecular flexibility index (Phi) is 5.96. The average Bonchev–Trinajstić information content (AvgIpc) is 2.52. The van der Waals surface area contributed by atoms with Crippen molar-refractivity contribution in [1.82, 2.24) is 4.57 Å². The van der Waals surface area contributed by atoms with Crippen LogP contribution in [0.3, 0.4) is 0 Å². The minimum absolute atomic E-state index is 0.0597. The van der Waals surface area contributed by atoms with Gasteiger partial charge in [0.25, 0.3) is 5.56 Å². The second-order valence-corrected chi connectivity index (χ2v) is 6.78. The molecule has 24 heavy (non-hydrogen) atoms. The van der Waals surface area contributed by atoms with Gasteiger partial charge in [0, 0.05) is 18.2 Å². The molecule has 1 aromatic carbocycles. The minimum atomic E-state index is -0.144. The van der Waals surface area contributed by atoms with E-state index >= 15 is 0 Å². The molecule has 0 aliphatic heterocycles. The van der Waals surface area contributed by atoms with Crippen molar-refractivity contribution in [2.75, 3.05) is 5.32 Å². The van der Waals surface area contributed by atoms with Crippen LogP contribution in [0, 0.1) is 5.92 Å². The molecule has 1 N–H and O–H groups in total. The lowest BCUT2D eigenvalue weighted by molar-refractivity contribution is -0.122. The third kappa shape index (κ3) is 4.82. The largest absolute Gasteiger partial charge is 0.378 e. The van der Waals surface area contributed by atoms with E-state index < -0.39 is 0 Å². The van der Waals surface area contributed by atoms with Crippen LogP contribution in [0.1, 0.15) is 38.8 Å². The molecule has 0 unspecified atom stereocenters. The highest BCUT2D eigenvalue weighted by atomic mass is 16.1. The normalized spacial score (nSPS) is 11.1. The first-order valence-electron chi connectivity index (χ1n) is 8.43. The van der Waals surface area contributed by atoms with Crippen molar-refractivity contribution in [3.05, 3.63) is 64.1 Å². The topological polar surface area (TPSA) is 51.1 Å². The van der Waals surface area contributed by atoms with Crippen LogP contribution in [0.5, 0.6) is 0 Å². The number of hydrogen-bond donors (Lipinski definition) is 1. The van der Waals surface area contributed by atoms with Gasteiger partial charge >= 0.3 is 0 Å². The van der Waals surface area contributed by atoms with Crippen LogP contribution in [0.15, 0.2) is 47.4 Å². The second kappa shape index (κ2) is 7.95. The Morgan fingerprint density at radius 3 is 2.33 bits per heavy atom. The van der Waals surface area contributed by atoms with Crippen molar-refractivity contribution < 1.29 is 4.79 Å². The van der Waals surface area contributed by atoms with E-state index in [0.29, 0.717) is 5.69 Å². The van der Waals surface area contributed by atoms with Gasteiger partial charge in [0.2, 0.25) is 0 Å². The Bertz CT molecular complexity index is 746. The molecule has 0 amide bonds. The number of nitrogens with one attached hydrogen (secondary N) is 1. The number of carbonyl (C=O) groups excluding carboxylic acids is 1. The lowest BCUT2D eigenvalue weighted by atomic mass is 10.1. The molecular formula is C20H26N2O2. The Morgan fingerprint density at radius 1 is 1.08 bits per heavy atom. The highest BCUT2D eigenvalue weighted by Gasteiger charge is 2.13. The van der Waals surface area contributed by atoms with Crippen LogP contribution in [0.2, 0.25) is 0 Å². The second-order valence-electron chi connectivity index (χ2n) is 6.78. The fourth-order valence-electron chi connectivity index (χ4n) is 2.51. The first-order valence-corrected chi connectivity index (χ1v) is 8.43. The number of rotatable bonds is 7. The summed E-state index contributed by atoms with van der Waals surface area (Å²) in [5.74, 6) is -0.0272. The molecule has 4 nitrogen and oxygen atoms in total. The van der Waals surface area contributed by atoms with E-state index in [-0.39, 0.29) is 29.8 Å². The van der Waals surface area contributed by atoms with E-state index in [1.165, 1.54) is 10.1 Å². The van der Waals surface area contributed by atoms with Gasteiger partial charge in [-0.15, -0.1) is 0 Å². The molecule has 0 atom stereocenters. The van der Waals surface area contributed by atoms with Crippen molar-refractivity contribution in [1.29, 1.82) is 0 Å². The highest BCUT2D eigenvalue weighted by molar-refractivity contribution is 5.80. The van der Waals surface area contributed by atoms with Gasteiger partial charge in [-0.05, 0) is 37.5 Å². The smallest absolute Gasteiger partial charge is 0.274 e. The number of hydrogen-bond acceptors (Lipinski definition) is 3. The molecule has 1 heterocycles. The van der Waals surface area contributed by atoms with Crippen molar-refractivity contribution in [3.8, 4) is 0 Å². The predicted octanol–water partition coefficient (Wildman–Crippen LogP) is 3.48. The number of aromatic nitrogens is 1. The van der Waals surface area contributed by atoms with Crippen LogP contribution >= 0.6 is 0 Å². The standard InChI is InChI=1S/C20H26N2O2/c1-14(2)19(23)13-22-12-17(10-16-8-6-5-7-9-16)11-18(20(22)24)21-15(3)4/h5-9,11-12,14-15,21H,10,13H2,1-4H3. The quantitative estimate of drug-likeness (QED) is 0.847. The molecule has 2 aromatic rings. The first-order chi connectivity index (χ1) is 11.4. The van der Waals surface area contributed by atoms with Gasteiger partial charge < -0.3 is 9.88 Å². The summed E-state index contributed by atoms with van der Waals surface area (Å²) in [5.41, 5.74) is 2.60. The molecule has 1 aromatic heterocycles. The maximum atomic E-state index is 12.6. The summed E-state index contributed by atoms with van der Waals surface area (Å²) >= 11 is 0. The monoisotopic (exact) mass is 326 g/mol. The first kappa shape index (κ1) is 18.0. The third-order valence-electron chi connectivity index (χ3n) is 3.81. The van der Waals surface area contributed by atoms with Crippen LogP contribution in [0.25, 0.3) is 0 Å². The molecule has 0 bridgehead atoms. The summed E-state index contributed by atoms with van der Waals surface area (Å²) in [4.78, 5) is 24.7. The SMILES string of the molecule is CC(C)Nc1cc(Cc2ccccc2)cn(CC(=O)C(C)C)c1=O. The van der Waals surface area contributed by atoms with Crippen molar-refractivity contribution in [2.45, 2.75) is 46.7 Å². The van der Waals surface area contributed by atoms with Gasteiger partial charge in [-0.3, -0.25) is 9.59 Å². The van der Waals surface area contributed by atoms with E-state index in [0.717, 1.165) is 12.0 Å². The Morgan fingerprint density at radius 2 is 1.75 bits per heavy atom.